The Balaban J connectivity index is 1.69. The zero-order chi connectivity index (χ0) is 22.9. The van der Waals surface area contributed by atoms with Crippen LogP contribution in [0.2, 0.25) is 0 Å². The molecule has 2 saturated heterocycles. The van der Waals surface area contributed by atoms with E-state index in [1.807, 2.05) is 0 Å². The van der Waals surface area contributed by atoms with Crippen LogP contribution < -0.4 is 4.74 Å². The lowest BCUT2D eigenvalue weighted by molar-refractivity contribution is -0.290. The van der Waals surface area contributed by atoms with Gasteiger partial charge in [-0.1, -0.05) is 12.1 Å². The van der Waals surface area contributed by atoms with Crippen LogP contribution in [0, 0.1) is 6.92 Å². The van der Waals surface area contributed by atoms with Gasteiger partial charge in [-0.15, -0.1) is 0 Å². The van der Waals surface area contributed by atoms with E-state index in [2.05, 4.69) is 0 Å². The molecule has 0 aromatic heterocycles. The maximum Gasteiger partial charge on any atom is 0.229 e. The maximum absolute atomic E-state index is 10.3. The van der Waals surface area contributed by atoms with Crippen molar-refractivity contribution >= 4 is 0 Å². The van der Waals surface area contributed by atoms with Crippen LogP contribution in [0.5, 0.6) is 5.75 Å². The molecule has 0 amide bonds. The summed E-state index contributed by atoms with van der Waals surface area (Å²) in [6.07, 6.45) is -13.3. The minimum atomic E-state index is -1.63. The fourth-order valence-electron chi connectivity index (χ4n) is 3.76. The molecule has 10 atom stereocenters. The van der Waals surface area contributed by atoms with Crippen LogP contribution in [0.4, 0.5) is 0 Å². The van der Waals surface area contributed by atoms with E-state index in [9.17, 15) is 30.6 Å². The van der Waals surface area contributed by atoms with E-state index in [-0.39, 0.29) is 12.4 Å². The third-order valence-corrected chi connectivity index (χ3v) is 5.54. The van der Waals surface area contributed by atoms with E-state index >= 15 is 0 Å². The maximum atomic E-state index is 10.3. The number of hydrogen-bond acceptors (Lipinski definition) is 11. The van der Waals surface area contributed by atoms with Crippen molar-refractivity contribution in [2.24, 2.45) is 0 Å². The van der Waals surface area contributed by atoms with Gasteiger partial charge in [0, 0.05) is 5.56 Å². The van der Waals surface area contributed by atoms with Crippen LogP contribution in [0.3, 0.4) is 0 Å². The van der Waals surface area contributed by atoms with E-state index in [1.54, 1.807) is 32.0 Å². The van der Waals surface area contributed by atoms with Crippen molar-refractivity contribution in [3.8, 4) is 5.75 Å². The van der Waals surface area contributed by atoms with E-state index in [0.29, 0.717) is 5.56 Å². The zero-order valence-electron chi connectivity index (χ0n) is 17.2. The summed E-state index contributed by atoms with van der Waals surface area (Å²) < 4.78 is 21.9. The third-order valence-electron chi connectivity index (χ3n) is 5.54. The van der Waals surface area contributed by atoms with Crippen LogP contribution in [0.25, 0.3) is 0 Å². The van der Waals surface area contributed by atoms with Crippen LogP contribution >= 0.6 is 0 Å². The highest BCUT2D eigenvalue weighted by molar-refractivity contribution is 5.41. The van der Waals surface area contributed by atoms with Crippen molar-refractivity contribution in [1.29, 1.82) is 0 Å². The van der Waals surface area contributed by atoms with Crippen LogP contribution in [-0.2, 0) is 14.2 Å². The lowest BCUT2D eigenvalue weighted by Gasteiger charge is -2.40. The Morgan fingerprint density at radius 2 is 1.52 bits per heavy atom. The first-order valence-corrected chi connectivity index (χ1v) is 10.0. The lowest BCUT2D eigenvalue weighted by atomic mass is 9.99. The van der Waals surface area contributed by atoms with Gasteiger partial charge in [0.15, 0.2) is 6.29 Å². The normalized spacial score (nSPS) is 39.5. The summed E-state index contributed by atoms with van der Waals surface area (Å²) in [5.41, 5.74) is 1.24. The molecule has 0 aliphatic carbocycles. The van der Waals surface area contributed by atoms with Crippen molar-refractivity contribution in [3.05, 3.63) is 29.3 Å². The van der Waals surface area contributed by atoms with E-state index in [0.717, 1.165) is 5.56 Å². The van der Waals surface area contributed by atoms with Gasteiger partial charge < -0.3 is 54.7 Å². The summed E-state index contributed by atoms with van der Waals surface area (Å²) in [4.78, 5) is 0. The Bertz CT molecular complexity index is 729. The first kappa shape index (κ1) is 24.3. The molecule has 176 valence electrons. The molecule has 0 saturated carbocycles. The second-order valence-electron chi connectivity index (χ2n) is 7.84. The molecule has 31 heavy (non-hydrogen) atoms. The van der Waals surface area contributed by atoms with Gasteiger partial charge in [0.25, 0.3) is 0 Å². The van der Waals surface area contributed by atoms with Gasteiger partial charge in [0.1, 0.15) is 48.5 Å². The van der Waals surface area contributed by atoms with Gasteiger partial charge in [0.2, 0.25) is 6.29 Å². The number of rotatable bonds is 7. The molecule has 2 heterocycles. The van der Waals surface area contributed by atoms with Gasteiger partial charge in [-0.25, -0.2) is 0 Å². The molecule has 11 nitrogen and oxygen atoms in total. The predicted molar refractivity (Wildman–Crippen MR) is 103 cm³/mol. The van der Waals surface area contributed by atoms with E-state index in [1.165, 1.54) is 0 Å². The Morgan fingerprint density at radius 3 is 2.13 bits per heavy atom. The number of ether oxygens (including phenoxy) is 4. The Kier molecular flexibility index (Phi) is 7.86. The highest BCUT2D eigenvalue weighted by Gasteiger charge is 2.47. The predicted octanol–water partition coefficient (Wildman–Crippen LogP) is -2.31. The molecular weight excluding hydrogens is 416 g/mol. The molecule has 1 aromatic carbocycles. The Labute approximate surface area is 179 Å². The molecule has 2 fully saturated rings. The molecule has 11 heteroatoms. The summed E-state index contributed by atoms with van der Waals surface area (Å²) in [5.74, 6) is 0.241. The molecule has 10 unspecified atom stereocenters. The van der Waals surface area contributed by atoms with E-state index in [4.69, 9.17) is 24.1 Å². The average Bonchev–Trinajstić information content (AvgIpc) is 3.00. The third kappa shape index (κ3) is 5.01. The fourth-order valence-corrected chi connectivity index (χ4v) is 3.76. The summed E-state index contributed by atoms with van der Waals surface area (Å²) in [6.45, 7) is 2.44. The number of aliphatic hydroxyl groups excluding tert-OH is 7. The second kappa shape index (κ2) is 10.0. The monoisotopic (exact) mass is 446 g/mol. The number of aliphatic hydroxyl groups is 7. The van der Waals surface area contributed by atoms with Crippen LogP contribution in [0.15, 0.2) is 18.2 Å². The molecule has 0 bridgehead atoms. The van der Waals surface area contributed by atoms with Crippen molar-refractivity contribution in [2.45, 2.75) is 75.3 Å². The molecule has 2 aliphatic rings. The van der Waals surface area contributed by atoms with E-state index < -0.39 is 68.0 Å². The largest absolute Gasteiger partial charge is 0.462 e. The highest BCUT2D eigenvalue weighted by atomic mass is 16.7. The number of hydrogen-bond donors (Lipinski definition) is 7. The fraction of sp³-hybridized carbons (Fsp3) is 0.700. The van der Waals surface area contributed by atoms with Gasteiger partial charge >= 0.3 is 0 Å². The topological polar surface area (TPSA) is 179 Å². The zero-order valence-corrected chi connectivity index (χ0v) is 17.2. The molecule has 1 aromatic rings. The molecule has 0 spiro atoms. The van der Waals surface area contributed by atoms with Crippen LogP contribution in [0.1, 0.15) is 24.2 Å². The van der Waals surface area contributed by atoms with Crippen molar-refractivity contribution < 1.29 is 54.7 Å². The van der Waals surface area contributed by atoms with Crippen LogP contribution in [-0.4, -0.2) is 104 Å². The molecule has 0 radical (unpaired) electrons. The van der Waals surface area contributed by atoms with Gasteiger partial charge in [-0.05, 0) is 25.5 Å². The first-order chi connectivity index (χ1) is 14.6. The summed E-state index contributed by atoms with van der Waals surface area (Å²) >= 11 is 0. The minimum Gasteiger partial charge on any atom is -0.462 e. The highest BCUT2D eigenvalue weighted by Crippen LogP contribution is 2.32. The number of benzene rings is 1. The number of aryl methyl sites for hydroxylation is 1. The Morgan fingerprint density at radius 1 is 0.903 bits per heavy atom. The van der Waals surface area contributed by atoms with Crippen molar-refractivity contribution in [3.63, 3.8) is 0 Å². The standard InChI is InChI=1S/C20H30O11/c1-8-4-3-5-10(13(8)9(2)22)29-20-18(27)16(25)15(24)12(31-20)7-28-19-17(26)14(23)11(6-21)30-19/h3-5,9,11-12,14-27H,6-7H2,1-2H3. The molecule has 2 aliphatic heterocycles. The Hall–Kier alpha value is -1.38. The van der Waals surface area contributed by atoms with Crippen molar-refractivity contribution in [1.82, 2.24) is 0 Å². The average molecular weight is 446 g/mol. The summed E-state index contributed by atoms with van der Waals surface area (Å²) in [5, 5.41) is 69.8. The van der Waals surface area contributed by atoms with Crippen molar-refractivity contribution in [2.75, 3.05) is 13.2 Å². The lowest BCUT2D eigenvalue weighted by Crippen LogP contribution is -2.60. The van der Waals surface area contributed by atoms with Gasteiger partial charge in [0.05, 0.1) is 19.3 Å². The first-order valence-electron chi connectivity index (χ1n) is 10.0. The summed E-state index contributed by atoms with van der Waals surface area (Å²) in [6, 6.07) is 5.05. The molecular formula is C20H30O11. The minimum absolute atomic E-state index is 0.241. The second-order valence-corrected chi connectivity index (χ2v) is 7.84. The smallest absolute Gasteiger partial charge is 0.229 e. The quantitative estimate of drug-likeness (QED) is 0.239. The SMILES string of the molecule is Cc1cccc(OC2OC(COC3OC(CO)C(O)C3O)C(O)C(O)C2O)c1C(C)O. The molecule has 7 N–H and O–H groups in total. The van der Waals surface area contributed by atoms with Gasteiger partial charge in [-0.3, -0.25) is 0 Å². The summed E-state index contributed by atoms with van der Waals surface area (Å²) in [7, 11) is 0. The molecule has 3 rings (SSSR count). The van der Waals surface area contributed by atoms with Gasteiger partial charge in [-0.2, -0.15) is 0 Å².